The van der Waals surface area contributed by atoms with Crippen LogP contribution < -0.4 is 5.32 Å². The molecule has 0 unspecified atom stereocenters. The van der Waals surface area contributed by atoms with Crippen molar-refractivity contribution in [3.05, 3.63) is 77.9 Å². The minimum Gasteiger partial charge on any atom is -0.508 e. The monoisotopic (exact) mass is 516 g/mol. The van der Waals surface area contributed by atoms with Crippen LogP contribution in [0.3, 0.4) is 0 Å². The predicted octanol–water partition coefficient (Wildman–Crippen LogP) is 6.70. The number of carbonyl (C=O) groups is 1. The Morgan fingerprint density at radius 2 is 1.51 bits per heavy atom. The third kappa shape index (κ3) is 4.82. The lowest BCUT2D eigenvalue weighted by Crippen LogP contribution is -2.33. The van der Waals surface area contributed by atoms with E-state index in [0.29, 0.717) is 27.7 Å². The number of piperidine rings is 1. The predicted molar refractivity (Wildman–Crippen MR) is 150 cm³/mol. The summed E-state index contributed by atoms with van der Waals surface area (Å²) in [6, 6.07) is 19.3. The molecule has 6 nitrogen and oxygen atoms in total. The molecular weight excluding hydrogens is 488 g/mol. The summed E-state index contributed by atoms with van der Waals surface area (Å²) in [6.07, 6.45) is 3.90. The van der Waals surface area contributed by atoms with Gasteiger partial charge in [0.2, 0.25) is 0 Å². The molecule has 0 aliphatic carbocycles. The van der Waals surface area contributed by atoms with Gasteiger partial charge in [-0.2, -0.15) is 0 Å². The van der Waals surface area contributed by atoms with Gasteiger partial charge in [-0.25, -0.2) is 0 Å². The maximum atomic E-state index is 13.6. The highest BCUT2D eigenvalue weighted by molar-refractivity contribution is 6.26. The highest BCUT2D eigenvalue weighted by atomic mass is 35.5. The number of phenols is 2. The average Bonchev–Trinajstić information content (AvgIpc) is 3.26. The molecule has 1 aromatic heterocycles. The fraction of sp³-hybridized carbons (Fsp3) is 0.233. The van der Waals surface area contributed by atoms with Crippen LogP contribution in [0.15, 0.2) is 71.1 Å². The lowest BCUT2D eigenvalue weighted by Gasteiger charge is -2.26. The highest BCUT2D eigenvalue weighted by Crippen LogP contribution is 2.39. The first-order chi connectivity index (χ1) is 17.6. The molecule has 1 aliphatic heterocycles. The molecule has 0 spiro atoms. The second-order valence-electron chi connectivity index (χ2n) is 9.55. The quantitative estimate of drug-likeness (QED) is 0.218. The fourth-order valence-electron chi connectivity index (χ4n) is 5.29. The van der Waals surface area contributed by atoms with Crippen molar-refractivity contribution in [2.75, 3.05) is 31.5 Å². The number of fused-ring (bicyclic) bond motifs is 5. The molecule has 0 radical (unpaired) electrons. The Morgan fingerprint density at radius 1 is 0.811 bits per heavy atom. The molecule has 37 heavy (non-hydrogen) atoms. The summed E-state index contributed by atoms with van der Waals surface area (Å²) >= 11 is 0. The van der Waals surface area contributed by atoms with Gasteiger partial charge in [0.1, 0.15) is 22.7 Å². The van der Waals surface area contributed by atoms with Gasteiger partial charge in [0, 0.05) is 46.7 Å². The maximum Gasteiger partial charge on any atom is 0.193 e. The van der Waals surface area contributed by atoms with Crippen LogP contribution in [-0.2, 0) is 0 Å². The first-order valence-corrected chi connectivity index (χ1v) is 12.5. The SMILES string of the molecule is Cl.O=C(c1ccc(NCCN2CCCCC2)cc1)c1cc2oc3cc(O)ccc3c2c2ccc(O)cc12. The fourth-order valence-corrected chi connectivity index (χ4v) is 5.29. The number of halogens is 1. The Bertz CT molecular complexity index is 1590. The second kappa shape index (κ2) is 10.3. The van der Waals surface area contributed by atoms with Crippen molar-refractivity contribution in [2.45, 2.75) is 19.3 Å². The number of furan rings is 1. The van der Waals surface area contributed by atoms with Crippen LogP contribution in [0.4, 0.5) is 5.69 Å². The van der Waals surface area contributed by atoms with E-state index in [1.54, 1.807) is 42.5 Å². The smallest absolute Gasteiger partial charge is 0.193 e. The van der Waals surface area contributed by atoms with Crippen LogP contribution in [0.2, 0.25) is 0 Å². The zero-order valence-corrected chi connectivity index (χ0v) is 21.2. The van der Waals surface area contributed by atoms with Gasteiger partial charge in [0.25, 0.3) is 0 Å². The minimum absolute atomic E-state index is 0. The Balaban J connectivity index is 0.00000280. The van der Waals surface area contributed by atoms with Crippen molar-refractivity contribution >= 4 is 56.6 Å². The zero-order valence-electron chi connectivity index (χ0n) is 20.4. The van der Waals surface area contributed by atoms with Crippen molar-refractivity contribution in [1.82, 2.24) is 4.90 Å². The van der Waals surface area contributed by atoms with Gasteiger partial charge in [0.15, 0.2) is 5.78 Å². The van der Waals surface area contributed by atoms with E-state index in [1.165, 1.54) is 32.4 Å². The summed E-state index contributed by atoms with van der Waals surface area (Å²) in [5.74, 6) is 0.0645. The molecule has 6 rings (SSSR count). The maximum absolute atomic E-state index is 13.6. The topological polar surface area (TPSA) is 85.9 Å². The molecule has 1 aliphatic rings. The summed E-state index contributed by atoms with van der Waals surface area (Å²) in [6.45, 7) is 4.24. The van der Waals surface area contributed by atoms with Gasteiger partial charge in [-0.05, 0) is 97.4 Å². The molecule has 4 aromatic carbocycles. The number of hydrogen-bond acceptors (Lipinski definition) is 6. The average molecular weight is 517 g/mol. The molecule has 1 fully saturated rings. The Kier molecular flexibility index (Phi) is 6.96. The van der Waals surface area contributed by atoms with Gasteiger partial charge in [-0.15, -0.1) is 12.4 Å². The Labute approximate surface area is 220 Å². The lowest BCUT2D eigenvalue weighted by atomic mass is 9.94. The van der Waals surface area contributed by atoms with Crippen LogP contribution in [0.25, 0.3) is 32.7 Å². The number of likely N-dealkylation sites (tertiary alicyclic amines) is 1. The molecule has 7 heteroatoms. The molecule has 1 saturated heterocycles. The number of benzene rings is 4. The third-order valence-corrected chi connectivity index (χ3v) is 7.14. The normalized spacial score (nSPS) is 14.2. The van der Waals surface area contributed by atoms with Crippen molar-refractivity contribution < 1.29 is 19.4 Å². The lowest BCUT2D eigenvalue weighted by molar-refractivity contribution is 0.104. The number of ketones is 1. The van der Waals surface area contributed by atoms with E-state index in [-0.39, 0.29) is 29.7 Å². The largest absolute Gasteiger partial charge is 0.508 e. The molecular formula is C30H29ClN2O4. The molecule has 0 bridgehead atoms. The molecule has 0 amide bonds. The number of hydrogen-bond donors (Lipinski definition) is 3. The van der Waals surface area contributed by atoms with Gasteiger partial charge in [-0.3, -0.25) is 4.79 Å². The number of rotatable bonds is 6. The molecule has 190 valence electrons. The first kappa shape index (κ1) is 24.9. The van der Waals surface area contributed by atoms with Crippen molar-refractivity contribution in [1.29, 1.82) is 0 Å². The van der Waals surface area contributed by atoms with Crippen LogP contribution in [0, 0.1) is 0 Å². The summed E-state index contributed by atoms with van der Waals surface area (Å²) in [7, 11) is 0. The van der Waals surface area contributed by atoms with E-state index in [4.69, 9.17) is 4.42 Å². The van der Waals surface area contributed by atoms with Gasteiger partial charge < -0.3 is 24.8 Å². The van der Waals surface area contributed by atoms with Gasteiger partial charge >= 0.3 is 0 Å². The second-order valence-corrected chi connectivity index (χ2v) is 9.55. The van der Waals surface area contributed by atoms with Gasteiger partial charge in [0.05, 0.1) is 0 Å². The molecule has 0 atom stereocenters. The summed E-state index contributed by atoms with van der Waals surface area (Å²) in [5.41, 5.74) is 3.12. The van der Waals surface area contributed by atoms with Crippen LogP contribution in [0.5, 0.6) is 11.5 Å². The van der Waals surface area contributed by atoms with Crippen LogP contribution >= 0.6 is 12.4 Å². The number of aromatic hydroxyl groups is 2. The number of phenolic OH excluding ortho intramolecular Hbond substituents is 2. The van der Waals surface area contributed by atoms with Crippen LogP contribution in [-0.4, -0.2) is 47.1 Å². The summed E-state index contributed by atoms with van der Waals surface area (Å²) < 4.78 is 6.02. The minimum atomic E-state index is -0.143. The molecule has 3 N–H and O–H groups in total. The zero-order chi connectivity index (χ0) is 24.6. The van der Waals surface area contributed by atoms with E-state index >= 15 is 0 Å². The van der Waals surface area contributed by atoms with Crippen molar-refractivity contribution in [3.63, 3.8) is 0 Å². The third-order valence-electron chi connectivity index (χ3n) is 7.14. The van der Waals surface area contributed by atoms with E-state index in [0.717, 1.165) is 34.9 Å². The van der Waals surface area contributed by atoms with Crippen LogP contribution in [0.1, 0.15) is 35.2 Å². The molecule has 2 heterocycles. The summed E-state index contributed by atoms with van der Waals surface area (Å²) in [5, 5.41) is 26.7. The highest BCUT2D eigenvalue weighted by Gasteiger charge is 2.19. The molecule has 0 saturated carbocycles. The van der Waals surface area contributed by atoms with E-state index < -0.39 is 0 Å². The van der Waals surface area contributed by atoms with E-state index in [9.17, 15) is 15.0 Å². The van der Waals surface area contributed by atoms with E-state index in [2.05, 4.69) is 10.2 Å². The standard InChI is InChI=1S/C30H28N2O4.ClH/c33-21-8-10-23-25(16-21)26(18-28-29(23)24-11-9-22(34)17-27(24)36-28)30(35)19-4-6-20(7-5-19)31-12-15-32-13-2-1-3-14-32;/h4-11,16-18,31,33-34H,1-3,12-15H2;1H. The Hall–Kier alpha value is -3.74. The number of nitrogens with one attached hydrogen (secondary N) is 1. The molecule has 5 aromatic rings. The first-order valence-electron chi connectivity index (χ1n) is 12.5. The van der Waals surface area contributed by atoms with Crippen molar-refractivity contribution in [3.8, 4) is 11.5 Å². The Morgan fingerprint density at radius 3 is 2.27 bits per heavy atom. The summed E-state index contributed by atoms with van der Waals surface area (Å²) in [4.78, 5) is 16.1. The van der Waals surface area contributed by atoms with Gasteiger partial charge in [-0.1, -0.05) is 6.42 Å². The van der Waals surface area contributed by atoms with Crippen molar-refractivity contribution in [2.24, 2.45) is 0 Å². The van der Waals surface area contributed by atoms with E-state index in [1.807, 2.05) is 24.3 Å². The number of carbonyl (C=O) groups excluding carboxylic acids is 1. The number of anilines is 1. The number of nitrogens with zero attached hydrogens (tertiary/aromatic N) is 1.